The van der Waals surface area contributed by atoms with Gasteiger partial charge in [0.25, 0.3) is 5.89 Å². The summed E-state index contributed by atoms with van der Waals surface area (Å²) in [5.41, 5.74) is 4.76. The summed E-state index contributed by atoms with van der Waals surface area (Å²) in [6.45, 7) is 3.86. The van der Waals surface area contributed by atoms with Crippen LogP contribution in [0.4, 0.5) is 10.5 Å². The van der Waals surface area contributed by atoms with Gasteiger partial charge in [0.15, 0.2) is 0 Å². The molecule has 0 radical (unpaired) electrons. The summed E-state index contributed by atoms with van der Waals surface area (Å²) in [4.78, 5) is 19.5. The minimum absolute atomic E-state index is 0.290. The third kappa shape index (κ3) is 4.18. The largest absolute Gasteiger partial charge is 0.334 e. The third-order valence-electron chi connectivity index (χ3n) is 5.69. The van der Waals surface area contributed by atoms with Crippen LogP contribution in [0.3, 0.4) is 0 Å². The van der Waals surface area contributed by atoms with E-state index in [0.717, 1.165) is 16.7 Å². The van der Waals surface area contributed by atoms with Crippen LogP contribution in [0.25, 0.3) is 17.0 Å². The number of aromatic nitrogens is 2. The standard InChI is InChI=1S/C26H20Cl2N4O2/c1-15-5-3-6-18(13-15)24-30-25(34-31-24)22-16(2)32(21-8-4-7-20(28)14-21)26(33)29-23(22)17-9-11-19(27)12-10-17/h3-14,23H,1-2H3,(H,29,33). The number of allylic oxidation sites excluding steroid dienone is 1. The molecule has 1 atom stereocenters. The van der Waals surface area contributed by atoms with E-state index >= 15 is 0 Å². The molecule has 1 N–H and O–H groups in total. The number of carbonyl (C=O) groups is 1. The third-order valence-corrected chi connectivity index (χ3v) is 6.17. The van der Waals surface area contributed by atoms with Crippen molar-refractivity contribution in [3.05, 3.63) is 106 Å². The van der Waals surface area contributed by atoms with Crippen LogP contribution in [0.2, 0.25) is 10.0 Å². The fourth-order valence-corrected chi connectivity index (χ4v) is 4.40. The Morgan fingerprint density at radius 3 is 2.44 bits per heavy atom. The Hall–Kier alpha value is -3.61. The molecule has 4 aromatic rings. The van der Waals surface area contributed by atoms with Crippen LogP contribution >= 0.6 is 23.2 Å². The van der Waals surface area contributed by atoms with E-state index in [1.54, 1.807) is 35.2 Å². The zero-order valence-electron chi connectivity index (χ0n) is 18.4. The minimum atomic E-state index is -0.508. The molecule has 170 valence electrons. The van der Waals surface area contributed by atoms with Gasteiger partial charge in [0.05, 0.1) is 17.3 Å². The Labute approximate surface area is 206 Å². The molecular weight excluding hydrogens is 471 g/mol. The van der Waals surface area contributed by atoms with E-state index < -0.39 is 6.04 Å². The van der Waals surface area contributed by atoms with Crippen molar-refractivity contribution in [1.82, 2.24) is 15.5 Å². The number of amides is 2. The van der Waals surface area contributed by atoms with Gasteiger partial charge in [0.1, 0.15) is 0 Å². The number of urea groups is 1. The summed E-state index contributed by atoms with van der Waals surface area (Å²) >= 11 is 12.3. The monoisotopic (exact) mass is 490 g/mol. The summed E-state index contributed by atoms with van der Waals surface area (Å²) in [5, 5.41) is 8.42. The molecule has 8 heteroatoms. The van der Waals surface area contributed by atoms with Crippen molar-refractivity contribution in [1.29, 1.82) is 0 Å². The summed E-state index contributed by atoms with van der Waals surface area (Å²) in [7, 11) is 0. The van der Waals surface area contributed by atoms with E-state index in [1.807, 2.05) is 56.3 Å². The van der Waals surface area contributed by atoms with Crippen molar-refractivity contribution in [3.8, 4) is 11.4 Å². The fourth-order valence-electron chi connectivity index (χ4n) is 4.09. The van der Waals surface area contributed by atoms with Gasteiger partial charge in [0.2, 0.25) is 5.82 Å². The number of hydrogen-bond donors (Lipinski definition) is 1. The van der Waals surface area contributed by atoms with Crippen molar-refractivity contribution >= 4 is 40.5 Å². The topological polar surface area (TPSA) is 71.3 Å². The lowest BCUT2D eigenvalue weighted by atomic mass is 9.94. The molecule has 3 aromatic carbocycles. The second-order valence-electron chi connectivity index (χ2n) is 8.04. The van der Waals surface area contributed by atoms with E-state index in [2.05, 4.69) is 10.5 Å². The smallest absolute Gasteiger partial charge is 0.326 e. The molecule has 2 heterocycles. The first-order chi connectivity index (χ1) is 16.4. The van der Waals surface area contributed by atoms with E-state index in [1.165, 1.54) is 0 Å². The summed E-state index contributed by atoms with van der Waals surface area (Å²) in [6.07, 6.45) is 0. The van der Waals surface area contributed by atoms with Gasteiger partial charge >= 0.3 is 6.03 Å². The maximum Gasteiger partial charge on any atom is 0.326 e. The number of nitrogens with zero attached hydrogens (tertiary/aromatic N) is 3. The Kier molecular flexibility index (Phi) is 5.86. The number of carbonyl (C=O) groups excluding carboxylic acids is 1. The van der Waals surface area contributed by atoms with Crippen molar-refractivity contribution in [2.24, 2.45) is 0 Å². The average Bonchev–Trinajstić information content (AvgIpc) is 3.29. The van der Waals surface area contributed by atoms with Gasteiger partial charge in [-0.25, -0.2) is 4.79 Å². The number of halogens is 2. The first-order valence-corrected chi connectivity index (χ1v) is 11.4. The number of hydrogen-bond acceptors (Lipinski definition) is 4. The van der Waals surface area contributed by atoms with Crippen molar-refractivity contribution in [2.75, 3.05) is 4.90 Å². The maximum atomic E-state index is 13.3. The molecule has 1 unspecified atom stereocenters. The van der Waals surface area contributed by atoms with Crippen molar-refractivity contribution < 1.29 is 9.32 Å². The van der Waals surface area contributed by atoms with Gasteiger partial charge in [0, 0.05) is 21.3 Å². The van der Waals surface area contributed by atoms with E-state index in [4.69, 9.17) is 32.7 Å². The minimum Gasteiger partial charge on any atom is -0.334 e. The highest BCUT2D eigenvalue weighted by Crippen LogP contribution is 2.39. The van der Waals surface area contributed by atoms with Gasteiger partial charge in [-0.05, 0) is 55.8 Å². The lowest BCUT2D eigenvalue weighted by molar-refractivity contribution is 0.244. The van der Waals surface area contributed by atoms with Crippen LogP contribution in [0.5, 0.6) is 0 Å². The fraction of sp³-hybridized carbons (Fsp3) is 0.115. The molecular formula is C26H20Cl2N4O2. The molecule has 2 amide bonds. The normalized spacial score (nSPS) is 16.1. The first kappa shape index (κ1) is 22.2. The Morgan fingerprint density at radius 1 is 0.941 bits per heavy atom. The molecule has 0 fully saturated rings. The zero-order chi connectivity index (χ0) is 23.8. The Balaban J connectivity index is 1.66. The molecule has 34 heavy (non-hydrogen) atoms. The molecule has 1 aliphatic rings. The zero-order valence-corrected chi connectivity index (χ0v) is 19.9. The van der Waals surface area contributed by atoms with Crippen molar-refractivity contribution in [3.63, 3.8) is 0 Å². The Morgan fingerprint density at radius 2 is 1.71 bits per heavy atom. The second kappa shape index (κ2) is 8.97. The van der Waals surface area contributed by atoms with Crippen LogP contribution in [0.15, 0.2) is 83.0 Å². The lowest BCUT2D eigenvalue weighted by Gasteiger charge is -2.35. The molecule has 5 rings (SSSR count). The predicted molar refractivity (Wildman–Crippen MR) is 134 cm³/mol. The summed E-state index contributed by atoms with van der Waals surface area (Å²) in [6, 6.07) is 21.5. The number of aryl methyl sites for hydroxylation is 1. The first-order valence-electron chi connectivity index (χ1n) is 10.6. The lowest BCUT2D eigenvalue weighted by Crippen LogP contribution is -2.46. The quantitative estimate of drug-likeness (QED) is 0.332. The van der Waals surface area contributed by atoms with E-state index in [-0.39, 0.29) is 6.03 Å². The summed E-state index contributed by atoms with van der Waals surface area (Å²) < 4.78 is 5.74. The molecule has 1 aromatic heterocycles. The van der Waals surface area contributed by atoms with Crippen LogP contribution in [-0.4, -0.2) is 16.2 Å². The highest BCUT2D eigenvalue weighted by molar-refractivity contribution is 6.31. The van der Waals surface area contributed by atoms with Crippen LogP contribution < -0.4 is 10.2 Å². The average molecular weight is 491 g/mol. The van der Waals surface area contributed by atoms with Crippen molar-refractivity contribution in [2.45, 2.75) is 19.9 Å². The van der Waals surface area contributed by atoms with E-state index in [0.29, 0.717) is 38.7 Å². The van der Waals surface area contributed by atoms with Gasteiger partial charge in [-0.15, -0.1) is 0 Å². The molecule has 6 nitrogen and oxygen atoms in total. The van der Waals surface area contributed by atoms with Gasteiger partial charge in [-0.1, -0.05) is 70.3 Å². The second-order valence-corrected chi connectivity index (χ2v) is 8.91. The molecule has 1 aliphatic heterocycles. The number of rotatable bonds is 4. The summed E-state index contributed by atoms with van der Waals surface area (Å²) in [5.74, 6) is 0.793. The SMILES string of the molecule is CC1=C(c2nc(-c3cccc(C)c3)no2)C(c2ccc(Cl)cc2)NC(=O)N1c1cccc(Cl)c1. The van der Waals surface area contributed by atoms with Crippen LogP contribution in [0, 0.1) is 6.92 Å². The molecule has 0 bridgehead atoms. The Bertz CT molecular complexity index is 1410. The molecule has 0 saturated heterocycles. The number of anilines is 1. The van der Waals surface area contributed by atoms with Crippen LogP contribution in [-0.2, 0) is 0 Å². The molecule has 0 aliphatic carbocycles. The highest BCUT2D eigenvalue weighted by atomic mass is 35.5. The van der Waals surface area contributed by atoms with E-state index in [9.17, 15) is 4.79 Å². The molecule has 0 saturated carbocycles. The van der Waals surface area contributed by atoms with Crippen LogP contribution in [0.1, 0.15) is 30.0 Å². The number of nitrogens with one attached hydrogen (secondary N) is 1. The maximum absolute atomic E-state index is 13.3. The van der Waals surface area contributed by atoms with Gasteiger partial charge in [-0.2, -0.15) is 4.98 Å². The number of benzene rings is 3. The molecule has 0 spiro atoms. The van der Waals surface area contributed by atoms with Gasteiger partial charge in [-0.3, -0.25) is 4.90 Å². The van der Waals surface area contributed by atoms with Gasteiger partial charge < -0.3 is 9.84 Å². The predicted octanol–water partition coefficient (Wildman–Crippen LogP) is 7.05. The highest BCUT2D eigenvalue weighted by Gasteiger charge is 2.36.